The number of thiazole rings is 1. The second kappa shape index (κ2) is 26.4. The number of rotatable bonds is 30. The molecule has 250 valence electrons. The molecule has 43 heavy (non-hydrogen) atoms. The highest BCUT2D eigenvalue weighted by Crippen LogP contribution is 2.29. The summed E-state index contributed by atoms with van der Waals surface area (Å²) >= 11 is 1.20. The molecule has 1 rings (SSSR count). The first-order valence-corrected chi connectivity index (χ1v) is 15.8. The van der Waals surface area contributed by atoms with E-state index in [-0.39, 0.29) is 37.9 Å². The zero-order valence-electron chi connectivity index (χ0n) is 24.8. The van der Waals surface area contributed by atoms with E-state index in [2.05, 4.69) is 10.3 Å². The summed E-state index contributed by atoms with van der Waals surface area (Å²) in [6.07, 6.45) is -0.0154. The number of carbonyl (C=O) groups excluding carboxylic acids is 1. The van der Waals surface area contributed by atoms with Crippen molar-refractivity contribution in [2.24, 2.45) is 0 Å². The fraction of sp³-hybridized carbons (Fsp3) is 0.800. The normalized spacial score (nSPS) is 11.3. The molecule has 0 unspecified atom stereocenters. The summed E-state index contributed by atoms with van der Waals surface area (Å²) < 4.78 is 67.4. The molecule has 1 aromatic rings. The van der Waals surface area contributed by atoms with Crippen LogP contribution in [0.25, 0.3) is 0 Å². The molecule has 1 aromatic heterocycles. The van der Waals surface area contributed by atoms with E-state index in [0.717, 1.165) is 4.31 Å². The molecule has 0 bridgehead atoms. The first kappa shape index (κ1) is 39.0. The van der Waals surface area contributed by atoms with Crippen molar-refractivity contribution in [2.45, 2.75) is 20.3 Å². The number of thiol groups is 1. The Morgan fingerprint density at radius 1 is 0.721 bits per heavy atom. The number of nitrogens with one attached hydrogen (secondary N) is 1. The summed E-state index contributed by atoms with van der Waals surface area (Å²) in [5.74, 6) is -0.889. The second-order valence-electron chi connectivity index (χ2n) is 8.48. The van der Waals surface area contributed by atoms with Crippen molar-refractivity contribution < 1.29 is 61.0 Å². The Kier molecular flexibility index (Phi) is 24.0. The van der Waals surface area contributed by atoms with Crippen LogP contribution in [0, 0.1) is 6.92 Å². The maximum atomic E-state index is 11.7. The van der Waals surface area contributed by atoms with Gasteiger partial charge in [0, 0.05) is 11.8 Å². The number of anilines is 2. The van der Waals surface area contributed by atoms with Crippen LogP contribution in [-0.2, 0) is 58.4 Å². The molecule has 0 atom stereocenters. The van der Waals surface area contributed by atoms with E-state index < -0.39 is 16.9 Å². The molecule has 0 spiro atoms. The van der Waals surface area contributed by atoms with E-state index in [1.165, 1.54) is 18.3 Å². The van der Waals surface area contributed by atoms with Crippen LogP contribution < -0.4 is 9.62 Å². The lowest BCUT2D eigenvalue weighted by Gasteiger charge is -2.16. The quantitative estimate of drug-likeness (QED) is 0.0757. The number of ether oxygens (including phenoxy) is 8. The number of hydrogen-bond donors (Lipinski definition) is 3. The maximum Gasteiger partial charge on any atom is 0.305 e. The first-order valence-electron chi connectivity index (χ1n) is 13.8. The van der Waals surface area contributed by atoms with Gasteiger partial charge >= 0.3 is 5.97 Å². The average molecular weight is 660 g/mol. The van der Waals surface area contributed by atoms with E-state index in [1.54, 1.807) is 6.92 Å². The number of hydrogen-bond acceptors (Lipinski definition) is 14. The Morgan fingerprint density at radius 3 is 1.44 bits per heavy atom. The largest absolute Gasteiger partial charge is 0.481 e. The van der Waals surface area contributed by atoms with Gasteiger partial charge in [-0.05, 0) is 6.92 Å². The van der Waals surface area contributed by atoms with Crippen molar-refractivity contribution in [3.05, 3.63) is 4.88 Å². The zero-order valence-corrected chi connectivity index (χ0v) is 26.5. The number of aromatic nitrogens is 1. The van der Waals surface area contributed by atoms with Crippen LogP contribution in [0.2, 0.25) is 0 Å². The average Bonchev–Trinajstić information content (AvgIpc) is 3.30. The Hall–Kier alpha value is -2.00. The third-order valence-corrected chi connectivity index (χ3v) is 6.67. The number of aryl methyl sites for hydroxylation is 1. The Bertz CT molecular complexity index is 942. The van der Waals surface area contributed by atoms with Gasteiger partial charge in [0.05, 0.1) is 119 Å². The third-order valence-electron chi connectivity index (χ3n) is 5.01. The fourth-order valence-electron chi connectivity index (χ4n) is 3.05. The molecule has 0 aliphatic rings. The summed E-state index contributed by atoms with van der Waals surface area (Å²) in [4.78, 5) is 26.4. The summed E-state index contributed by atoms with van der Waals surface area (Å²) in [5.41, 5.74) is 0. The van der Waals surface area contributed by atoms with Gasteiger partial charge in [-0.15, -0.1) is 0 Å². The molecule has 0 saturated carbocycles. The van der Waals surface area contributed by atoms with E-state index >= 15 is 0 Å². The van der Waals surface area contributed by atoms with Crippen LogP contribution in [0.15, 0.2) is 0 Å². The van der Waals surface area contributed by atoms with E-state index in [1.807, 2.05) is 0 Å². The molecule has 0 saturated heterocycles. The number of carboxylic acids is 1. The lowest BCUT2D eigenvalue weighted by atomic mass is 10.5. The van der Waals surface area contributed by atoms with Crippen LogP contribution in [0.5, 0.6) is 0 Å². The summed E-state index contributed by atoms with van der Waals surface area (Å²) in [6.45, 7) is 9.20. The van der Waals surface area contributed by atoms with Crippen molar-refractivity contribution in [1.82, 2.24) is 4.98 Å². The molecule has 1 amide bonds. The molecule has 0 aliphatic carbocycles. The van der Waals surface area contributed by atoms with E-state index in [4.69, 9.17) is 43.0 Å². The van der Waals surface area contributed by atoms with Crippen LogP contribution in [-0.4, -0.2) is 143 Å². The van der Waals surface area contributed by atoms with Gasteiger partial charge < -0.3 is 48.3 Å². The van der Waals surface area contributed by atoms with Crippen LogP contribution >= 0.6 is 11.3 Å². The predicted octanol–water partition coefficient (Wildman–Crippen LogP) is 0.350. The van der Waals surface area contributed by atoms with Gasteiger partial charge in [0.2, 0.25) is 16.8 Å². The lowest BCUT2D eigenvalue weighted by Crippen LogP contribution is -2.27. The number of amides is 1. The van der Waals surface area contributed by atoms with Crippen LogP contribution in [0.1, 0.15) is 18.2 Å². The summed E-state index contributed by atoms with van der Waals surface area (Å²) in [5, 5.41) is 11.4. The number of carbonyl (C=O) groups is 2. The Balaban J connectivity index is 1.84. The third kappa shape index (κ3) is 22.2. The molecular formula is C25H45N3O13S2. The minimum atomic E-state index is -2.92. The highest BCUT2D eigenvalue weighted by atomic mass is 32.2. The molecular weight excluding hydrogens is 614 g/mol. The maximum absolute atomic E-state index is 11.7. The van der Waals surface area contributed by atoms with Crippen molar-refractivity contribution >= 4 is 45.1 Å². The van der Waals surface area contributed by atoms with Gasteiger partial charge in [-0.2, -0.15) is 0 Å². The highest BCUT2D eigenvalue weighted by molar-refractivity contribution is 7.74. The van der Waals surface area contributed by atoms with Crippen molar-refractivity contribution in [2.75, 3.05) is 122 Å². The van der Waals surface area contributed by atoms with Gasteiger partial charge in [-0.3, -0.25) is 13.9 Å². The SMILES string of the molecule is CC(=O)Nc1nc(N(CCOCCOCCOCCOCCOCCOCCOCCOCCC(=O)O)[SH](=O)=O)c(C)s1. The molecule has 16 nitrogen and oxygen atoms in total. The molecule has 0 aliphatic heterocycles. The molecule has 18 heteroatoms. The Labute approximate surface area is 257 Å². The molecule has 0 radical (unpaired) electrons. The minimum absolute atomic E-state index is 0.0154. The van der Waals surface area contributed by atoms with Crippen molar-refractivity contribution in [3.8, 4) is 0 Å². The minimum Gasteiger partial charge on any atom is -0.481 e. The standard InChI is InChI=1S/C25H45N3O13S2/c1-21-24(27-25(42-21)26-22(2)29)28(43(32)33)4-6-35-8-10-37-12-14-39-16-18-41-20-19-40-17-15-38-13-11-36-9-7-34-5-3-23(30)31/h43H,3-20H2,1-2H3,(H,30,31)(H,26,27,29). The van der Waals surface area contributed by atoms with Crippen LogP contribution in [0.4, 0.5) is 10.9 Å². The van der Waals surface area contributed by atoms with Gasteiger partial charge in [-0.25, -0.2) is 13.4 Å². The smallest absolute Gasteiger partial charge is 0.305 e. The summed E-state index contributed by atoms with van der Waals surface area (Å²) in [7, 11) is -2.92. The Morgan fingerprint density at radius 2 is 1.09 bits per heavy atom. The zero-order chi connectivity index (χ0) is 31.5. The molecule has 2 N–H and O–H groups in total. The van der Waals surface area contributed by atoms with Gasteiger partial charge in [0.15, 0.2) is 10.9 Å². The first-order chi connectivity index (χ1) is 20.8. The molecule has 1 heterocycles. The van der Waals surface area contributed by atoms with E-state index in [9.17, 15) is 18.0 Å². The van der Waals surface area contributed by atoms with Gasteiger partial charge in [0.25, 0.3) is 0 Å². The number of aliphatic carboxylic acids is 1. The van der Waals surface area contributed by atoms with Crippen molar-refractivity contribution in [3.63, 3.8) is 0 Å². The van der Waals surface area contributed by atoms with Gasteiger partial charge in [-0.1, -0.05) is 11.3 Å². The number of carboxylic acid groups (broad SMARTS) is 1. The van der Waals surface area contributed by atoms with E-state index in [0.29, 0.717) is 103 Å². The van der Waals surface area contributed by atoms with Gasteiger partial charge in [0.1, 0.15) is 0 Å². The van der Waals surface area contributed by atoms with Crippen LogP contribution in [0.3, 0.4) is 0 Å². The molecule has 0 fully saturated rings. The fourth-order valence-corrected chi connectivity index (χ4v) is 4.57. The predicted molar refractivity (Wildman–Crippen MR) is 158 cm³/mol. The number of nitrogens with zero attached hydrogens (tertiary/aromatic N) is 2. The monoisotopic (exact) mass is 659 g/mol. The molecule has 0 aromatic carbocycles. The highest BCUT2D eigenvalue weighted by Gasteiger charge is 2.17. The summed E-state index contributed by atoms with van der Waals surface area (Å²) in [6, 6.07) is 0. The van der Waals surface area contributed by atoms with Crippen molar-refractivity contribution in [1.29, 1.82) is 0 Å². The lowest BCUT2D eigenvalue weighted by molar-refractivity contribution is -0.138. The topological polar surface area (TPSA) is 191 Å². The second-order valence-corrected chi connectivity index (χ2v) is 10.6.